The van der Waals surface area contributed by atoms with Crippen molar-refractivity contribution in [3.05, 3.63) is 0 Å². The van der Waals surface area contributed by atoms with E-state index in [0.717, 1.165) is 19.4 Å². The number of halogens is 1. The maximum absolute atomic E-state index is 4.99. The van der Waals surface area contributed by atoms with Crippen molar-refractivity contribution in [2.75, 3.05) is 6.61 Å². The van der Waals surface area contributed by atoms with Gasteiger partial charge in [-0.15, -0.1) is 0 Å². The van der Waals surface area contributed by atoms with E-state index in [1.807, 2.05) is 0 Å². The average Bonchev–Trinajstić information content (AvgIpc) is 1.90. The first-order valence-electron chi connectivity index (χ1n) is 3.23. The van der Waals surface area contributed by atoms with Crippen LogP contribution in [0.3, 0.4) is 0 Å². The van der Waals surface area contributed by atoms with Gasteiger partial charge in [-0.3, -0.25) is 0 Å². The summed E-state index contributed by atoms with van der Waals surface area (Å²) >= 11 is 3.43. The third kappa shape index (κ3) is 2.24. The Morgan fingerprint density at radius 2 is 2.44 bits per heavy atom. The van der Waals surface area contributed by atoms with Gasteiger partial charge in [-0.25, -0.2) is 9.78 Å². The Balaban J connectivity index is 2.23. The van der Waals surface area contributed by atoms with Crippen LogP contribution in [0, 0.1) is 0 Å². The van der Waals surface area contributed by atoms with Gasteiger partial charge in [0.15, 0.2) is 0 Å². The molecule has 2 atom stereocenters. The molecule has 9 heavy (non-hydrogen) atoms. The zero-order valence-corrected chi connectivity index (χ0v) is 7.06. The summed E-state index contributed by atoms with van der Waals surface area (Å²) in [6, 6.07) is 0. The normalized spacial score (nSPS) is 32.0. The van der Waals surface area contributed by atoms with Crippen LogP contribution in [0.5, 0.6) is 0 Å². The predicted octanol–water partition coefficient (Wildman–Crippen LogP) is 1.88. The summed E-state index contributed by atoms with van der Waals surface area (Å²) in [6.07, 6.45) is 2.46. The molecule has 1 aliphatic rings. The number of alkyl halides is 1. The second-order valence-electron chi connectivity index (χ2n) is 2.28. The molecule has 0 aromatic rings. The van der Waals surface area contributed by atoms with Gasteiger partial charge in [0.2, 0.25) is 0 Å². The van der Waals surface area contributed by atoms with Gasteiger partial charge in [0.25, 0.3) is 0 Å². The molecule has 3 heteroatoms. The summed E-state index contributed by atoms with van der Waals surface area (Å²) in [5.74, 6) is 0. The molecule has 1 fully saturated rings. The lowest BCUT2D eigenvalue weighted by molar-refractivity contribution is -0.343. The van der Waals surface area contributed by atoms with Crippen LogP contribution in [0.1, 0.15) is 19.8 Å². The van der Waals surface area contributed by atoms with Crippen LogP contribution >= 0.6 is 15.9 Å². The molecular formula is C6H11BrO2. The number of hydrogen-bond donors (Lipinski definition) is 0. The fraction of sp³-hybridized carbons (Fsp3) is 1.00. The van der Waals surface area contributed by atoms with E-state index in [0.29, 0.717) is 4.83 Å². The van der Waals surface area contributed by atoms with Crippen molar-refractivity contribution in [3.63, 3.8) is 0 Å². The topological polar surface area (TPSA) is 18.5 Å². The van der Waals surface area contributed by atoms with Crippen molar-refractivity contribution in [1.29, 1.82) is 0 Å². The Hall–Kier alpha value is 0.400. The molecule has 2 nitrogen and oxygen atoms in total. The Morgan fingerprint density at radius 3 is 2.78 bits per heavy atom. The van der Waals surface area contributed by atoms with E-state index < -0.39 is 0 Å². The first kappa shape index (κ1) is 7.51. The zero-order chi connectivity index (χ0) is 6.69. The van der Waals surface area contributed by atoms with E-state index in [1.54, 1.807) is 0 Å². The summed E-state index contributed by atoms with van der Waals surface area (Å²) < 4.78 is 0. The van der Waals surface area contributed by atoms with E-state index in [2.05, 4.69) is 22.9 Å². The quantitative estimate of drug-likeness (QED) is 0.469. The minimum atomic E-state index is 0.249. The van der Waals surface area contributed by atoms with Crippen LogP contribution in [0.4, 0.5) is 0 Å². The van der Waals surface area contributed by atoms with Crippen molar-refractivity contribution in [2.24, 2.45) is 0 Å². The summed E-state index contributed by atoms with van der Waals surface area (Å²) in [5, 5.41) is 0. The van der Waals surface area contributed by atoms with Gasteiger partial charge < -0.3 is 0 Å². The lowest BCUT2D eigenvalue weighted by atomic mass is 10.1. The zero-order valence-electron chi connectivity index (χ0n) is 5.47. The Morgan fingerprint density at radius 1 is 1.67 bits per heavy atom. The maximum atomic E-state index is 4.99. The van der Waals surface area contributed by atoms with E-state index in [4.69, 9.17) is 9.78 Å². The highest BCUT2D eigenvalue weighted by atomic mass is 79.9. The lowest BCUT2D eigenvalue weighted by Gasteiger charge is -2.22. The molecule has 0 saturated carbocycles. The van der Waals surface area contributed by atoms with Crippen LogP contribution in [-0.2, 0) is 9.78 Å². The Labute approximate surface area is 63.6 Å². The van der Waals surface area contributed by atoms with Gasteiger partial charge in [0.05, 0.1) is 6.61 Å². The fourth-order valence-electron chi connectivity index (χ4n) is 0.833. The second-order valence-corrected chi connectivity index (χ2v) is 3.72. The Kier molecular flexibility index (Phi) is 2.95. The fourth-order valence-corrected chi connectivity index (χ4v) is 1.19. The van der Waals surface area contributed by atoms with Crippen LogP contribution in [0.25, 0.3) is 0 Å². The van der Waals surface area contributed by atoms with E-state index in [-0.39, 0.29) is 6.10 Å². The molecule has 1 aliphatic heterocycles. The minimum Gasteiger partial charge on any atom is -0.236 e. The summed E-state index contributed by atoms with van der Waals surface area (Å²) in [5.41, 5.74) is 0. The molecular weight excluding hydrogens is 184 g/mol. The van der Waals surface area contributed by atoms with Gasteiger partial charge in [0, 0.05) is 4.83 Å². The molecule has 0 bridgehead atoms. The van der Waals surface area contributed by atoms with Gasteiger partial charge in [-0.05, 0) is 12.8 Å². The van der Waals surface area contributed by atoms with Crippen LogP contribution in [0.15, 0.2) is 0 Å². The van der Waals surface area contributed by atoms with Gasteiger partial charge in [-0.2, -0.15) is 0 Å². The third-order valence-electron chi connectivity index (χ3n) is 1.42. The van der Waals surface area contributed by atoms with Crippen molar-refractivity contribution < 1.29 is 9.78 Å². The van der Waals surface area contributed by atoms with Crippen molar-refractivity contribution in [2.45, 2.75) is 30.7 Å². The standard InChI is InChI=1S/C6H11BrO2/c1-5(7)6-3-2-4-8-9-6/h5-6H,2-4H2,1H3. The molecule has 0 spiro atoms. The highest BCUT2D eigenvalue weighted by Gasteiger charge is 2.19. The van der Waals surface area contributed by atoms with Gasteiger partial charge in [-0.1, -0.05) is 22.9 Å². The first-order chi connectivity index (χ1) is 4.30. The summed E-state index contributed by atoms with van der Waals surface area (Å²) in [7, 11) is 0. The molecule has 0 aromatic carbocycles. The molecule has 0 aliphatic carbocycles. The van der Waals surface area contributed by atoms with E-state index in [9.17, 15) is 0 Å². The maximum Gasteiger partial charge on any atom is 0.105 e. The van der Waals surface area contributed by atoms with Crippen LogP contribution in [0.2, 0.25) is 0 Å². The first-order valence-corrected chi connectivity index (χ1v) is 4.14. The summed E-state index contributed by atoms with van der Waals surface area (Å²) in [4.78, 5) is 10.2. The SMILES string of the molecule is CC(Br)C1CCCOO1. The Bertz CT molecular complexity index is 79.1. The molecule has 54 valence electrons. The molecule has 0 N–H and O–H groups in total. The number of hydrogen-bond acceptors (Lipinski definition) is 2. The van der Waals surface area contributed by atoms with Gasteiger partial charge in [0.1, 0.15) is 6.10 Å². The average molecular weight is 195 g/mol. The molecule has 0 amide bonds. The minimum absolute atomic E-state index is 0.249. The summed E-state index contributed by atoms with van der Waals surface area (Å²) in [6.45, 7) is 2.82. The van der Waals surface area contributed by atoms with Crippen molar-refractivity contribution in [1.82, 2.24) is 0 Å². The van der Waals surface area contributed by atoms with Crippen molar-refractivity contribution in [3.8, 4) is 0 Å². The predicted molar refractivity (Wildman–Crippen MR) is 38.4 cm³/mol. The molecule has 0 aromatic heterocycles. The highest BCUT2D eigenvalue weighted by Crippen LogP contribution is 2.18. The van der Waals surface area contributed by atoms with E-state index >= 15 is 0 Å². The molecule has 1 saturated heterocycles. The smallest absolute Gasteiger partial charge is 0.105 e. The molecule has 1 rings (SSSR count). The second kappa shape index (κ2) is 3.54. The van der Waals surface area contributed by atoms with Gasteiger partial charge >= 0.3 is 0 Å². The highest BCUT2D eigenvalue weighted by molar-refractivity contribution is 9.09. The lowest BCUT2D eigenvalue weighted by Crippen LogP contribution is -2.26. The van der Waals surface area contributed by atoms with Crippen LogP contribution in [-0.4, -0.2) is 17.5 Å². The van der Waals surface area contributed by atoms with Crippen molar-refractivity contribution >= 4 is 15.9 Å². The number of rotatable bonds is 1. The molecule has 0 radical (unpaired) electrons. The third-order valence-corrected chi connectivity index (χ3v) is 2.01. The monoisotopic (exact) mass is 194 g/mol. The van der Waals surface area contributed by atoms with E-state index in [1.165, 1.54) is 0 Å². The largest absolute Gasteiger partial charge is 0.236 e. The molecule has 2 unspecified atom stereocenters. The van der Waals surface area contributed by atoms with Crippen LogP contribution < -0.4 is 0 Å². The molecule has 1 heterocycles.